The summed E-state index contributed by atoms with van der Waals surface area (Å²) in [4.78, 5) is 29.7. The Labute approximate surface area is 279 Å². The molecule has 0 unspecified atom stereocenters. The Morgan fingerprint density at radius 1 is 0.822 bits per heavy atom. The van der Waals surface area contributed by atoms with Crippen LogP contribution in [0.5, 0.6) is 0 Å². The van der Waals surface area contributed by atoms with Crippen molar-refractivity contribution in [2.45, 2.75) is 50.7 Å². The van der Waals surface area contributed by atoms with Gasteiger partial charge in [-0.1, -0.05) is 95.5 Å². The number of hydrogen-bond donors (Lipinski definition) is 1. The van der Waals surface area contributed by atoms with Crippen LogP contribution in [-0.2, 0) is 32.6 Å². The molecule has 0 saturated carbocycles. The zero-order valence-electron chi connectivity index (χ0n) is 25.1. The van der Waals surface area contributed by atoms with Crippen molar-refractivity contribution in [2.24, 2.45) is 0 Å². The molecule has 0 radical (unpaired) electrons. The van der Waals surface area contributed by atoms with E-state index in [9.17, 15) is 18.0 Å². The summed E-state index contributed by atoms with van der Waals surface area (Å²) in [5.41, 5.74) is 2.09. The largest absolute Gasteiger partial charge is 0.352 e. The minimum atomic E-state index is -4.25. The standard InChI is InChI=1S/C34H34Cl3N3O4S/c1-23(2)38-34(42)32(19-25-11-6-4-7-12-25)39(21-26-17-18-27(35)20-30(26)37)33(41)22-40(31-16-10-15-29(36)24(31)3)45(43,44)28-13-8-5-9-14-28/h4-18,20,23,32H,19,21-22H2,1-3H3,(H,38,42)/t32-/m1/s1. The van der Waals surface area contributed by atoms with Gasteiger partial charge in [0.1, 0.15) is 12.6 Å². The fourth-order valence-corrected chi connectivity index (χ4v) is 7.00. The Morgan fingerprint density at radius 3 is 2.09 bits per heavy atom. The van der Waals surface area contributed by atoms with Crippen LogP contribution in [0, 0.1) is 6.92 Å². The molecule has 2 amide bonds. The van der Waals surface area contributed by atoms with Gasteiger partial charge in [-0.15, -0.1) is 0 Å². The van der Waals surface area contributed by atoms with Crippen LogP contribution in [0.4, 0.5) is 5.69 Å². The Balaban J connectivity index is 1.85. The summed E-state index contributed by atoms with van der Waals surface area (Å²) in [5, 5.41) is 3.99. The van der Waals surface area contributed by atoms with E-state index in [1.165, 1.54) is 17.0 Å². The van der Waals surface area contributed by atoms with E-state index in [1.54, 1.807) is 61.5 Å². The van der Waals surface area contributed by atoms with Gasteiger partial charge in [0.25, 0.3) is 10.0 Å². The molecule has 1 atom stereocenters. The van der Waals surface area contributed by atoms with Gasteiger partial charge in [0.15, 0.2) is 0 Å². The zero-order chi connectivity index (χ0) is 32.7. The lowest BCUT2D eigenvalue weighted by atomic mass is 10.0. The molecule has 4 aromatic carbocycles. The Bertz CT molecular complexity index is 1750. The molecule has 0 aliphatic carbocycles. The summed E-state index contributed by atoms with van der Waals surface area (Å²) in [7, 11) is -4.25. The first-order valence-corrected chi connectivity index (χ1v) is 16.9. The third-order valence-corrected chi connectivity index (χ3v) is 9.95. The summed E-state index contributed by atoms with van der Waals surface area (Å²) < 4.78 is 29.3. The molecule has 11 heteroatoms. The normalized spacial score (nSPS) is 12.1. The lowest BCUT2D eigenvalue weighted by Gasteiger charge is -2.34. The van der Waals surface area contributed by atoms with Crippen molar-refractivity contribution in [3.8, 4) is 0 Å². The van der Waals surface area contributed by atoms with Gasteiger partial charge in [-0.05, 0) is 73.9 Å². The number of nitrogens with one attached hydrogen (secondary N) is 1. The van der Waals surface area contributed by atoms with Gasteiger partial charge in [0.2, 0.25) is 11.8 Å². The molecule has 1 N–H and O–H groups in total. The van der Waals surface area contributed by atoms with Crippen molar-refractivity contribution in [1.82, 2.24) is 10.2 Å². The highest BCUT2D eigenvalue weighted by Gasteiger charge is 2.35. The molecular formula is C34H34Cl3N3O4S. The first-order chi connectivity index (χ1) is 21.4. The Kier molecular flexibility index (Phi) is 11.6. The highest BCUT2D eigenvalue weighted by Crippen LogP contribution is 2.32. The molecular weight excluding hydrogens is 653 g/mol. The monoisotopic (exact) mass is 685 g/mol. The van der Waals surface area contributed by atoms with Gasteiger partial charge in [0.05, 0.1) is 10.6 Å². The van der Waals surface area contributed by atoms with Gasteiger partial charge >= 0.3 is 0 Å². The first kappa shape index (κ1) is 34.3. The number of anilines is 1. The van der Waals surface area contributed by atoms with Crippen LogP contribution in [0.15, 0.2) is 102 Å². The summed E-state index contributed by atoms with van der Waals surface area (Å²) in [5.74, 6) is -0.997. The predicted octanol–water partition coefficient (Wildman–Crippen LogP) is 7.32. The number of hydrogen-bond acceptors (Lipinski definition) is 4. The highest BCUT2D eigenvalue weighted by molar-refractivity contribution is 7.92. The molecule has 0 heterocycles. The molecule has 236 valence electrons. The average Bonchev–Trinajstić information content (AvgIpc) is 3.00. The smallest absolute Gasteiger partial charge is 0.264 e. The summed E-state index contributed by atoms with van der Waals surface area (Å²) in [6, 6.07) is 25.7. The van der Waals surface area contributed by atoms with E-state index in [-0.39, 0.29) is 35.5 Å². The number of carbonyl (C=O) groups excluding carboxylic acids is 2. The fourth-order valence-electron chi connectivity index (χ4n) is 4.87. The van der Waals surface area contributed by atoms with Gasteiger partial charge in [-0.25, -0.2) is 8.42 Å². The second kappa shape index (κ2) is 15.1. The number of amides is 2. The fraction of sp³-hybridized carbons (Fsp3) is 0.235. The van der Waals surface area contributed by atoms with Gasteiger partial charge in [0, 0.05) is 34.1 Å². The number of benzene rings is 4. The van der Waals surface area contributed by atoms with Gasteiger partial charge in [-0.3, -0.25) is 13.9 Å². The van der Waals surface area contributed by atoms with Crippen LogP contribution in [0.1, 0.15) is 30.5 Å². The van der Waals surface area contributed by atoms with Crippen molar-refractivity contribution in [1.29, 1.82) is 0 Å². The Morgan fingerprint density at radius 2 is 1.47 bits per heavy atom. The second-order valence-corrected chi connectivity index (χ2v) is 13.9. The SMILES string of the molecule is Cc1c(Cl)cccc1N(CC(=O)N(Cc1ccc(Cl)cc1Cl)[C@H](Cc1ccccc1)C(=O)NC(C)C)S(=O)(=O)c1ccccc1. The maximum absolute atomic E-state index is 14.5. The quantitative estimate of drug-likeness (QED) is 0.169. The van der Waals surface area contributed by atoms with Crippen LogP contribution in [0.3, 0.4) is 0 Å². The van der Waals surface area contributed by atoms with E-state index < -0.39 is 28.5 Å². The van der Waals surface area contributed by atoms with Crippen LogP contribution >= 0.6 is 34.8 Å². The highest BCUT2D eigenvalue weighted by atomic mass is 35.5. The average molecular weight is 687 g/mol. The molecule has 4 aromatic rings. The van der Waals surface area contributed by atoms with Crippen molar-refractivity contribution >= 4 is 62.3 Å². The van der Waals surface area contributed by atoms with Crippen molar-refractivity contribution in [2.75, 3.05) is 10.8 Å². The number of sulfonamides is 1. The Hall–Kier alpha value is -3.56. The van der Waals surface area contributed by atoms with Crippen LogP contribution in [0.25, 0.3) is 0 Å². The van der Waals surface area contributed by atoms with Crippen molar-refractivity contribution in [3.05, 3.63) is 129 Å². The van der Waals surface area contributed by atoms with Crippen LogP contribution in [-0.4, -0.2) is 43.8 Å². The van der Waals surface area contributed by atoms with E-state index in [0.717, 1.165) is 9.87 Å². The molecule has 7 nitrogen and oxygen atoms in total. The van der Waals surface area contributed by atoms with Crippen LogP contribution in [0.2, 0.25) is 15.1 Å². The van der Waals surface area contributed by atoms with E-state index >= 15 is 0 Å². The number of rotatable bonds is 12. The topological polar surface area (TPSA) is 86.8 Å². The maximum Gasteiger partial charge on any atom is 0.264 e. The number of carbonyl (C=O) groups is 2. The maximum atomic E-state index is 14.5. The van der Waals surface area contributed by atoms with Gasteiger partial charge in [-0.2, -0.15) is 0 Å². The summed E-state index contributed by atoms with van der Waals surface area (Å²) >= 11 is 19.1. The van der Waals surface area contributed by atoms with Crippen LogP contribution < -0.4 is 9.62 Å². The number of nitrogens with zero attached hydrogens (tertiary/aromatic N) is 2. The zero-order valence-corrected chi connectivity index (χ0v) is 28.2. The molecule has 0 spiro atoms. The molecule has 0 fully saturated rings. The lowest BCUT2D eigenvalue weighted by Crippen LogP contribution is -2.54. The molecule has 4 rings (SSSR count). The van der Waals surface area contributed by atoms with E-state index in [0.29, 0.717) is 26.2 Å². The molecule has 0 aliphatic rings. The minimum Gasteiger partial charge on any atom is -0.352 e. The number of halogens is 3. The summed E-state index contributed by atoms with van der Waals surface area (Å²) in [6.45, 7) is 4.66. The van der Waals surface area contributed by atoms with Crippen molar-refractivity contribution < 1.29 is 18.0 Å². The molecule has 0 aromatic heterocycles. The van der Waals surface area contributed by atoms with Crippen molar-refractivity contribution in [3.63, 3.8) is 0 Å². The second-order valence-electron chi connectivity index (χ2n) is 10.8. The predicted molar refractivity (Wildman–Crippen MR) is 181 cm³/mol. The minimum absolute atomic E-state index is 0.00265. The van der Waals surface area contributed by atoms with Gasteiger partial charge < -0.3 is 10.2 Å². The molecule has 45 heavy (non-hydrogen) atoms. The first-order valence-electron chi connectivity index (χ1n) is 14.3. The molecule has 0 aliphatic heterocycles. The molecule has 0 saturated heterocycles. The molecule has 0 bridgehead atoms. The van der Waals surface area contributed by atoms with E-state index in [2.05, 4.69) is 5.32 Å². The van der Waals surface area contributed by atoms with E-state index in [4.69, 9.17) is 34.8 Å². The summed E-state index contributed by atoms with van der Waals surface area (Å²) in [6.07, 6.45) is 0.179. The third kappa shape index (κ3) is 8.58. The van der Waals surface area contributed by atoms with E-state index in [1.807, 2.05) is 44.2 Å². The lowest BCUT2D eigenvalue weighted by molar-refractivity contribution is -0.140. The third-order valence-electron chi connectivity index (χ3n) is 7.18.